The number of rotatable bonds is 6. The fourth-order valence-electron chi connectivity index (χ4n) is 5.77. The van der Waals surface area contributed by atoms with E-state index in [0.717, 1.165) is 74.3 Å². The topological polar surface area (TPSA) is 71.9 Å². The Kier molecular flexibility index (Phi) is 7.57. The number of imidazole rings is 1. The number of halogens is 2. The molecule has 1 atom stereocenters. The van der Waals surface area contributed by atoms with Gasteiger partial charge in [0.05, 0.1) is 36.2 Å². The molecule has 1 aromatic heterocycles. The zero-order chi connectivity index (χ0) is 26.9. The van der Waals surface area contributed by atoms with Crippen LogP contribution in [0.25, 0.3) is 0 Å². The molecule has 6 rings (SSSR count). The largest absolute Gasteiger partial charge is 0.482 e. The third kappa shape index (κ3) is 5.41. The van der Waals surface area contributed by atoms with Gasteiger partial charge in [0, 0.05) is 51.3 Å². The van der Waals surface area contributed by atoms with E-state index in [1.807, 2.05) is 31.2 Å². The summed E-state index contributed by atoms with van der Waals surface area (Å²) in [6.45, 7) is 8.33. The predicted octanol–water partition coefficient (Wildman–Crippen LogP) is 3.47. The number of carbonyl (C=O) groups is 1. The molecule has 4 heterocycles. The van der Waals surface area contributed by atoms with Crippen molar-refractivity contribution in [2.75, 3.05) is 46.0 Å². The van der Waals surface area contributed by atoms with E-state index in [0.29, 0.717) is 35.8 Å². The first-order valence-corrected chi connectivity index (χ1v) is 13.9. The molecule has 3 aliphatic rings. The van der Waals surface area contributed by atoms with Crippen molar-refractivity contribution in [3.8, 4) is 5.75 Å². The van der Waals surface area contributed by atoms with Gasteiger partial charge in [-0.3, -0.25) is 9.69 Å². The van der Waals surface area contributed by atoms with Gasteiger partial charge in [0.15, 0.2) is 6.61 Å². The monoisotopic (exact) mass is 553 g/mol. The predicted molar refractivity (Wildman–Crippen MR) is 145 cm³/mol. The number of fused-ring (bicyclic) bond motifs is 3. The first-order valence-electron chi connectivity index (χ1n) is 13.5. The van der Waals surface area contributed by atoms with Crippen molar-refractivity contribution in [2.24, 2.45) is 0 Å². The summed E-state index contributed by atoms with van der Waals surface area (Å²) in [5.74, 6) is 0.844. The molecule has 206 valence electrons. The lowest BCUT2D eigenvalue weighted by atomic mass is 9.94. The van der Waals surface area contributed by atoms with Crippen LogP contribution in [-0.4, -0.2) is 71.3 Å². The second-order valence-corrected chi connectivity index (χ2v) is 10.8. The third-order valence-electron chi connectivity index (χ3n) is 7.75. The van der Waals surface area contributed by atoms with Crippen molar-refractivity contribution in [1.82, 2.24) is 24.7 Å². The van der Waals surface area contributed by atoms with E-state index in [-0.39, 0.29) is 18.3 Å². The Morgan fingerprint density at radius 3 is 2.82 bits per heavy atom. The van der Waals surface area contributed by atoms with Gasteiger partial charge in [-0.15, -0.1) is 0 Å². The van der Waals surface area contributed by atoms with Gasteiger partial charge in [0.2, 0.25) is 0 Å². The molecule has 1 N–H and O–H groups in total. The van der Waals surface area contributed by atoms with Crippen LogP contribution in [0, 0.1) is 12.7 Å². The molecule has 1 unspecified atom stereocenters. The zero-order valence-corrected chi connectivity index (χ0v) is 22.8. The summed E-state index contributed by atoms with van der Waals surface area (Å²) in [4.78, 5) is 22.5. The van der Waals surface area contributed by atoms with E-state index in [1.165, 1.54) is 6.07 Å². The van der Waals surface area contributed by atoms with Crippen LogP contribution in [0.3, 0.4) is 0 Å². The smallest absolute Gasteiger partial charge is 0.261 e. The first kappa shape index (κ1) is 26.3. The van der Waals surface area contributed by atoms with Gasteiger partial charge in [-0.25, -0.2) is 9.37 Å². The molecule has 1 fully saturated rings. The summed E-state index contributed by atoms with van der Waals surface area (Å²) >= 11 is 6.55. The number of nitrogens with one attached hydrogen (secondary N) is 1. The average Bonchev–Trinajstić information content (AvgIpc) is 3.32. The number of morpholine rings is 1. The summed E-state index contributed by atoms with van der Waals surface area (Å²) in [5.41, 5.74) is 4.22. The summed E-state index contributed by atoms with van der Waals surface area (Å²) < 4.78 is 28.9. The Morgan fingerprint density at radius 2 is 2.03 bits per heavy atom. The van der Waals surface area contributed by atoms with Crippen molar-refractivity contribution in [1.29, 1.82) is 0 Å². The standard InChI is InChI=1S/C29H33ClFN5O3/c1-19-2-4-21(23(31)14-19)28-29-24(33-26-16-32-7-9-35(26)29)6-8-36(28)27(37)18-39-25-5-3-20(15-22(25)30)17-34-10-12-38-13-11-34/h2-5,14-15,28,32H,6-13,16-18H2,1H3. The van der Waals surface area contributed by atoms with Crippen LogP contribution >= 0.6 is 11.6 Å². The van der Waals surface area contributed by atoms with Crippen LogP contribution in [0.1, 0.15) is 39.9 Å². The molecule has 0 bridgehead atoms. The van der Waals surface area contributed by atoms with E-state index in [1.54, 1.807) is 11.0 Å². The summed E-state index contributed by atoms with van der Waals surface area (Å²) in [6.07, 6.45) is 0.613. The number of hydrogen-bond acceptors (Lipinski definition) is 6. The van der Waals surface area contributed by atoms with Crippen molar-refractivity contribution in [2.45, 2.75) is 39.0 Å². The highest BCUT2D eigenvalue weighted by Gasteiger charge is 2.38. The molecule has 3 aliphatic heterocycles. The molecule has 2 aromatic carbocycles. The Morgan fingerprint density at radius 1 is 1.18 bits per heavy atom. The van der Waals surface area contributed by atoms with E-state index >= 15 is 4.39 Å². The molecule has 0 saturated carbocycles. The van der Waals surface area contributed by atoms with Crippen LogP contribution in [-0.2, 0) is 35.6 Å². The Labute approximate surface area is 232 Å². The second kappa shape index (κ2) is 11.3. The number of aryl methyl sites for hydroxylation is 1. The lowest BCUT2D eigenvalue weighted by Gasteiger charge is -2.37. The third-order valence-corrected chi connectivity index (χ3v) is 8.04. The van der Waals surface area contributed by atoms with Crippen molar-refractivity contribution in [3.63, 3.8) is 0 Å². The number of benzene rings is 2. The van der Waals surface area contributed by atoms with E-state index in [2.05, 4.69) is 14.8 Å². The molecule has 3 aromatic rings. The molecule has 0 spiro atoms. The minimum atomic E-state index is -0.573. The number of nitrogens with zero attached hydrogens (tertiary/aromatic N) is 4. The van der Waals surface area contributed by atoms with Crippen molar-refractivity contribution in [3.05, 3.63) is 81.1 Å². The van der Waals surface area contributed by atoms with E-state index in [9.17, 15) is 4.79 Å². The molecule has 8 nitrogen and oxygen atoms in total. The van der Waals surface area contributed by atoms with Gasteiger partial charge in [0.1, 0.15) is 23.4 Å². The lowest BCUT2D eigenvalue weighted by Crippen LogP contribution is -2.44. The Hall–Kier alpha value is -2.98. The first-order chi connectivity index (χ1) is 19.0. The second-order valence-electron chi connectivity index (χ2n) is 10.4. The molecular formula is C29H33ClFN5O3. The van der Waals surface area contributed by atoms with Gasteiger partial charge in [0.25, 0.3) is 5.91 Å². The minimum absolute atomic E-state index is 0.190. The number of carbonyl (C=O) groups excluding carboxylic acids is 1. The Balaban J connectivity index is 1.22. The number of hydrogen-bond donors (Lipinski definition) is 1. The van der Waals surface area contributed by atoms with Gasteiger partial charge in [-0.1, -0.05) is 29.8 Å². The minimum Gasteiger partial charge on any atom is -0.482 e. The molecule has 0 aliphatic carbocycles. The normalized spacial score (nSPS) is 19.5. The highest BCUT2D eigenvalue weighted by molar-refractivity contribution is 6.32. The van der Waals surface area contributed by atoms with E-state index < -0.39 is 6.04 Å². The zero-order valence-electron chi connectivity index (χ0n) is 22.1. The molecular weight excluding hydrogens is 521 g/mol. The molecule has 39 heavy (non-hydrogen) atoms. The Bertz CT molecular complexity index is 1370. The highest BCUT2D eigenvalue weighted by atomic mass is 35.5. The van der Waals surface area contributed by atoms with Gasteiger partial charge in [-0.2, -0.15) is 0 Å². The van der Waals surface area contributed by atoms with Gasteiger partial charge in [-0.05, 0) is 36.2 Å². The van der Waals surface area contributed by atoms with Crippen LogP contribution in [0.2, 0.25) is 5.02 Å². The molecule has 1 amide bonds. The number of aromatic nitrogens is 2. The van der Waals surface area contributed by atoms with Gasteiger partial charge < -0.3 is 24.3 Å². The van der Waals surface area contributed by atoms with E-state index in [4.69, 9.17) is 26.1 Å². The molecule has 1 saturated heterocycles. The maximum absolute atomic E-state index is 15.4. The number of amides is 1. The summed E-state index contributed by atoms with van der Waals surface area (Å²) in [7, 11) is 0. The molecule has 0 radical (unpaired) electrons. The van der Waals surface area contributed by atoms with Crippen LogP contribution < -0.4 is 10.1 Å². The fraction of sp³-hybridized carbons (Fsp3) is 0.448. The SMILES string of the molecule is Cc1ccc(C2c3c(nc4n3CCNC4)CCN2C(=O)COc2ccc(CN3CCOCC3)cc2Cl)c(F)c1. The van der Waals surface area contributed by atoms with Crippen molar-refractivity contribution < 1.29 is 18.7 Å². The van der Waals surface area contributed by atoms with Crippen LogP contribution in [0.5, 0.6) is 5.75 Å². The van der Waals surface area contributed by atoms with Crippen LogP contribution in [0.15, 0.2) is 36.4 Å². The summed E-state index contributed by atoms with van der Waals surface area (Å²) in [5, 5.41) is 3.81. The maximum Gasteiger partial charge on any atom is 0.261 e. The van der Waals surface area contributed by atoms with Gasteiger partial charge >= 0.3 is 0 Å². The fourth-order valence-corrected chi connectivity index (χ4v) is 6.03. The summed E-state index contributed by atoms with van der Waals surface area (Å²) in [6, 6.07) is 10.3. The maximum atomic E-state index is 15.4. The lowest BCUT2D eigenvalue weighted by molar-refractivity contribution is -0.135. The quantitative estimate of drug-likeness (QED) is 0.504. The van der Waals surface area contributed by atoms with Crippen molar-refractivity contribution >= 4 is 17.5 Å². The average molecular weight is 554 g/mol. The highest BCUT2D eigenvalue weighted by Crippen LogP contribution is 2.38. The molecule has 10 heteroatoms. The van der Waals surface area contributed by atoms with Crippen LogP contribution in [0.4, 0.5) is 4.39 Å². The number of ether oxygens (including phenoxy) is 2.